The maximum Gasteiger partial charge on any atom is -0.00773 e. The van der Waals surface area contributed by atoms with Gasteiger partial charge >= 0.3 is 0 Å². The predicted octanol–water partition coefficient (Wildman–Crippen LogP) is 11.5. The van der Waals surface area contributed by atoms with Gasteiger partial charge in [0.2, 0.25) is 0 Å². The van der Waals surface area contributed by atoms with Crippen LogP contribution in [-0.2, 0) is 25.7 Å². The third kappa shape index (κ3) is 9.16. The Balaban J connectivity index is 1.50. The molecular formula is C44H70N2. The van der Waals surface area contributed by atoms with E-state index in [2.05, 4.69) is 53.7 Å². The van der Waals surface area contributed by atoms with Gasteiger partial charge in [-0.3, -0.25) is 0 Å². The summed E-state index contributed by atoms with van der Waals surface area (Å²) in [5, 5.41) is 0. The first-order valence-corrected chi connectivity index (χ1v) is 19.7. The van der Waals surface area contributed by atoms with Crippen LogP contribution in [0.4, 0.5) is 0 Å². The molecule has 0 radical (unpaired) electrons. The molecule has 2 atom stereocenters. The predicted molar refractivity (Wildman–Crippen MR) is 204 cm³/mol. The summed E-state index contributed by atoms with van der Waals surface area (Å²) in [6.45, 7) is 16.4. The van der Waals surface area contributed by atoms with Crippen LogP contribution in [0, 0.1) is 39.5 Å². The smallest absolute Gasteiger partial charge is 0.00773 e. The molecule has 0 spiro atoms. The third-order valence-electron chi connectivity index (χ3n) is 11.7. The molecule has 2 heteroatoms. The van der Waals surface area contributed by atoms with Crippen molar-refractivity contribution in [3.63, 3.8) is 0 Å². The summed E-state index contributed by atoms with van der Waals surface area (Å²) in [6.07, 6.45) is 26.2. The van der Waals surface area contributed by atoms with Crippen molar-refractivity contribution in [3.8, 4) is 0 Å². The summed E-state index contributed by atoms with van der Waals surface area (Å²) in [5.74, 6) is 1.19. The van der Waals surface area contributed by atoms with Gasteiger partial charge in [-0.1, -0.05) is 103 Å². The lowest BCUT2D eigenvalue weighted by Gasteiger charge is -2.22. The fourth-order valence-electron chi connectivity index (χ4n) is 9.01. The minimum absolute atomic E-state index is 0.596. The normalized spacial score (nSPS) is 18.9. The molecule has 0 aromatic heterocycles. The van der Waals surface area contributed by atoms with Crippen molar-refractivity contribution >= 4 is 11.1 Å². The molecule has 256 valence electrons. The molecule has 2 aromatic carbocycles. The summed E-state index contributed by atoms with van der Waals surface area (Å²) < 4.78 is 0. The summed E-state index contributed by atoms with van der Waals surface area (Å²) >= 11 is 0. The Bertz CT molecular complexity index is 1200. The minimum atomic E-state index is 0.596. The van der Waals surface area contributed by atoms with Crippen molar-refractivity contribution in [2.45, 2.75) is 170 Å². The molecule has 0 aliphatic heterocycles. The van der Waals surface area contributed by atoms with Gasteiger partial charge in [0, 0.05) is 0 Å². The zero-order valence-electron chi connectivity index (χ0n) is 31.0. The second kappa shape index (κ2) is 18.6. The van der Waals surface area contributed by atoms with E-state index in [0.717, 1.165) is 13.1 Å². The molecule has 0 bridgehead atoms. The number of nitrogens with two attached hydrogens (primary N) is 2. The molecule has 0 saturated heterocycles. The number of rotatable bonds is 20. The van der Waals surface area contributed by atoms with Crippen molar-refractivity contribution in [1.82, 2.24) is 0 Å². The monoisotopic (exact) mass is 627 g/mol. The van der Waals surface area contributed by atoms with Crippen LogP contribution in [0.3, 0.4) is 0 Å². The molecule has 0 amide bonds. The Kier molecular flexibility index (Phi) is 14.9. The number of hydrogen-bond donors (Lipinski definition) is 2. The van der Waals surface area contributed by atoms with Crippen LogP contribution in [0.2, 0.25) is 0 Å². The second-order valence-corrected chi connectivity index (χ2v) is 15.4. The van der Waals surface area contributed by atoms with Gasteiger partial charge in [-0.15, -0.1) is 0 Å². The summed E-state index contributed by atoms with van der Waals surface area (Å²) in [5.41, 5.74) is 30.7. The second-order valence-electron chi connectivity index (χ2n) is 15.4. The van der Waals surface area contributed by atoms with Crippen molar-refractivity contribution in [2.24, 2.45) is 23.3 Å². The van der Waals surface area contributed by atoms with Gasteiger partial charge in [0.05, 0.1) is 0 Å². The first kappa shape index (κ1) is 36.9. The van der Waals surface area contributed by atoms with E-state index in [9.17, 15) is 0 Å². The number of unbranched alkanes of at least 4 members (excludes halogenated alkanes) is 14. The van der Waals surface area contributed by atoms with Gasteiger partial charge in [-0.2, -0.15) is 0 Å². The fourth-order valence-corrected chi connectivity index (χ4v) is 9.01. The highest BCUT2D eigenvalue weighted by Gasteiger charge is 2.36. The lowest BCUT2D eigenvalue weighted by molar-refractivity contribution is 0.569. The van der Waals surface area contributed by atoms with Gasteiger partial charge in [0.1, 0.15) is 0 Å². The average molecular weight is 627 g/mol. The van der Waals surface area contributed by atoms with Gasteiger partial charge in [-0.25, -0.2) is 0 Å². The van der Waals surface area contributed by atoms with Crippen LogP contribution >= 0.6 is 0 Å². The topological polar surface area (TPSA) is 52.0 Å². The van der Waals surface area contributed by atoms with E-state index in [1.54, 1.807) is 55.7 Å². The van der Waals surface area contributed by atoms with Gasteiger partial charge in [0.25, 0.3) is 0 Å². The SMILES string of the molecule is Cc1cc(CCCCCCCCCCN)c(C)c2c1CC(C)/C2=C1\c2c(C)c(CCCCCCCCCCN)cc(C)c2CC1C. The van der Waals surface area contributed by atoms with Crippen LogP contribution in [0.5, 0.6) is 0 Å². The third-order valence-corrected chi connectivity index (χ3v) is 11.7. The fraction of sp³-hybridized carbons (Fsp3) is 0.682. The van der Waals surface area contributed by atoms with Crippen molar-refractivity contribution < 1.29 is 0 Å². The molecule has 2 unspecified atom stereocenters. The molecule has 0 fully saturated rings. The molecule has 4 N–H and O–H groups in total. The molecule has 0 saturated carbocycles. The van der Waals surface area contributed by atoms with E-state index in [4.69, 9.17) is 11.5 Å². The number of benzene rings is 2. The standard InChI is InChI=1S/C44H70N2/c1-31-27-37(23-19-15-11-7-9-13-17-21-25-45)35(5)43-39(31)29-33(3)41(43)42-34(4)30-40-32(2)28-38(36(6)44(40)42)24-20-16-12-8-10-14-18-22-26-46/h27-28,33-34H,7-26,29-30,45-46H2,1-6H3/b42-41+. The number of hydrogen-bond acceptors (Lipinski definition) is 2. The summed E-state index contributed by atoms with van der Waals surface area (Å²) in [4.78, 5) is 0. The molecule has 46 heavy (non-hydrogen) atoms. The van der Waals surface area contributed by atoms with E-state index >= 15 is 0 Å². The Morgan fingerprint density at radius 2 is 0.783 bits per heavy atom. The van der Waals surface area contributed by atoms with E-state index in [1.165, 1.54) is 140 Å². The van der Waals surface area contributed by atoms with E-state index < -0.39 is 0 Å². The van der Waals surface area contributed by atoms with Crippen LogP contribution < -0.4 is 11.5 Å². The number of allylic oxidation sites excluding steroid dienone is 2. The Morgan fingerprint density at radius 3 is 1.11 bits per heavy atom. The summed E-state index contributed by atoms with van der Waals surface area (Å²) in [6, 6.07) is 5.11. The first-order valence-electron chi connectivity index (χ1n) is 19.7. The van der Waals surface area contributed by atoms with Crippen LogP contribution in [0.15, 0.2) is 12.1 Å². The maximum absolute atomic E-state index is 5.65. The Hall–Kier alpha value is -1.90. The van der Waals surface area contributed by atoms with E-state index in [1.807, 2.05) is 0 Å². The van der Waals surface area contributed by atoms with Crippen LogP contribution in [0.1, 0.15) is 172 Å². The van der Waals surface area contributed by atoms with Gasteiger partial charge < -0.3 is 11.5 Å². The van der Waals surface area contributed by atoms with Crippen molar-refractivity contribution in [1.29, 1.82) is 0 Å². The Morgan fingerprint density at radius 1 is 0.478 bits per heavy atom. The number of fused-ring (bicyclic) bond motifs is 2. The average Bonchev–Trinajstić information content (AvgIpc) is 3.56. The molecule has 2 aliphatic rings. The zero-order valence-corrected chi connectivity index (χ0v) is 31.0. The van der Waals surface area contributed by atoms with E-state index in [-0.39, 0.29) is 0 Å². The zero-order chi connectivity index (χ0) is 33.1. The molecule has 2 aliphatic carbocycles. The first-order chi connectivity index (χ1) is 22.3. The van der Waals surface area contributed by atoms with Crippen LogP contribution in [0.25, 0.3) is 11.1 Å². The van der Waals surface area contributed by atoms with Crippen LogP contribution in [-0.4, -0.2) is 13.1 Å². The van der Waals surface area contributed by atoms with Crippen molar-refractivity contribution in [3.05, 3.63) is 67.8 Å². The Labute approximate surface area is 284 Å². The van der Waals surface area contributed by atoms with E-state index in [0.29, 0.717) is 11.8 Å². The molecule has 2 nitrogen and oxygen atoms in total. The number of aryl methyl sites for hydroxylation is 4. The summed E-state index contributed by atoms with van der Waals surface area (Å²) in [7, 11) is 0. The molecule has 0 heterocycles. The minimum Gasteiger partial charge on any atom is -0.330 e. The maximum atomic E-state index is 5.65. The lowest BCUT2D eigenvalue weighted by Crippen LogP contribution is -2.04. The highest BCUT2D eigenvalue weighted by atomic mass is 14.5. The highest BCUT2D eigenvalue weighted by Crippen LogP contribution is 2.52. The largest absolute Gasteiger partial charge is 0.330 e. The quantitative estimate of drug-likeness (QED) is 0.144. The van der Waals surface area contributed by atoms with Gasteiger partial charge in [-0.05, 0) is 171 Å². The molecule has 2 aromatic rings. The lowest BCUT2D eigenvalue weighted by atomic mass is 9.83. The van der Waals surface area contributed by atoms with Crippen molar-refractivity contribution in [2.75, 3.05) is 13.1 Å². The molecule has 4 rings (SSSR count). The highest BCUT2D eigenvalue weighted by molar-refractivity contribution is 6.00. The molecular weight excluding hydrogens is 556 g/mol. The van der Waals surface area contributed by atoms with Gasteiger partial charge in [0.15, 0.2) is 0 Å².